The first kappa shape index (κ1) is 71.1. The normalized spacial score (nSPS) is 11.1. The van der Waals surface area contributed by atoms with E-state index in [-0.39, 0.29) is 0 Å². The van der Waals surface area contributed by atoms with Crippen molar-refractivity contribution in [2.75, 3.05) is 0 Å². The van der Waals surface area contributed by atoms with Crippen molar-refractivity contribution in [2.45, 2.75) is 96.9 Å². The first-order valence-corrected chi connectivity index (χ1v) is 36.4. The Balaban J connectivity index is 0.000000109. The fraction of sp³-hybridized carbons (Fsp3) is 0.167. The van der Waals surface area contributed by atoms with E-state index in [1.165, 1.54) is 37.2 Å². The number of nitrogens with zero attached hydrogens (tertiary/aromatic N) is 14. The predicted octanol–water partition coefficient (Wildman–Crippen LogP) is 20.7. The number of oxazole rings is 2. The number of benzene rings is 6. The average Bonchev–Trinajstić information content (AvgIpc) is 1.63. The minimum Gasteiger partial charge on any atom is -0.441 e. The van der Waals surface area contributed by atoms with E-state index < -0.39 is 0 Å². The topological polar surface area (TPSA) is 286 Å². The number of aromatic nitrogens is 19. The van der Waals surface area contributed by atoms with Gasteiger partial charge >= 0.3 is 0 Å². The van der Waals surface area contributed by atoms with Gasteiger partial charge in [0.15, 0.2) is 34.2 Å². The Kier molecular flexibility index (Phi) is 20.5. The summed E-state index contributed by atoms with van der Waals surface area (Å²) in [6.45, 7) is 28.0. The summed E-state index contributed by atoms with van der Waals surface area (Å²) >= 11 is 3.50. The lowest BCUT2D eigenvalue weighted by atomic mass is 10.2. The molecular weight excluding hydrogens is 1370 g/mol. The van der Waals surface area contributed by atoms with Crippen LogP contribution >= 0.6 is 22.7 Å². The van der Waals surface area contributed by atoms with Gasteiger partial charge in [-0.05, 0) is 237 Å². The molecule has 0 fully saturated rings. The van der Waals surface area contributed by atoms with Gasteiger partial charge in [0, 0.05) is 49.8 Å². The smallest absolute Gasteiger partial charge is 0.192 e. The van der Waals surface area contributed by atoms with Gasteiger partial charge in [0.2, 0.25) is 0 Å². The van der Waals surface area contributed by atoms with Crippen molar-refractivity contribution in [3.8, 4) is 45.6 Å². The molecule has 0 aliphatic heterocycles. The Hall–Kier alpha value is -12.9. The van der Waals surface area contributed by atoms with Gasteiger partial charge in [0.25, 0.3) is 0 Å². The maximum Gasteiger partial charge on any atom is 0.192 e. The summed E-state index contributed by atoms with van der Waals surface area (Å²) in [7, 11) is 0. The lowest BCUT2D eigenvalue weighted by molar-refractivity contribution is 0.560. The molecule has 14 heterocycles. The van der Waals surface area contributed by atoms with Crippen LogP contribution in [0.3, 0.4) is 0 Å². The number of aryl methyl sites for hydroxylation is 14. The van der Waals surface area contributed by atoms with Gasteiger partial charge in [-0.2, -0.15) is 0 Å². The molecule has 6 aromatic carbocycles. The van der Waals surface area contributed by atoms with Crippen molar-refractivity contribution >= 4 is 121 Å². The quantitative estimate of drug-likeness (QED) is 0.109. The van der Waals surface area contributed by atoms with Crippen LogP contribution in [-0.2, 0) is 0 Å². The third-order valence-corrected chi connectivity index (χ3v) is 18.9. The molecule has 532 valence electrons. The van der Waals surface area contributed by atoms with Gasteiger partial charge in [-0.1, -0.05) is 42.5 Å². The number of rotatable bonds is 4. The standard InChI is InChI=1S/C20H16N6.C19H15N7.C9H10N2.2C9H9NO.2C9H9NS/c1-11-3-5-14(21-9-11)15-6-4-13(10-22-15)20-25-18-7-16-17(8-19(18)26-20)24-12(2)23-16;1-10-3-5-13(20-8-10)14-6-4-12(9-21-14)17-24-16-7-15-18(23-11(2)22-15)26-19(16)25-17;1-6-3-4-8-9(5-6)11-7(2)10-8;1-6-3-4-9-8(5-6)10-7(2)11-9;1-6-3-4-8-9(5-6)11-7(2)10-8;1-6-3-4-9-8(5-6)10-7(2)11-9;1-6-3-4-8-9(5-6)11-7(2)10-8/h3-10H,1-2H3,(H,23,24)(H,25,26);3-9H,1-2H3,(H2,22,23,24,25,26);3-5H,1-2H3,(H,10,11);4*3-5H,1-2H3. The summed E-state index contributed by atoms with van der Waals surface area (Å²) in [4.78, 5) is 78.2. The number of nitrogens with one attached hydrogen (secondary N) is 5. The maximum atomic E-state index is 5.34. The van der Waals surface area contributed by atoms with Crippen LogP contribution in [0.25, 0.3) is 144 Å². The van der Waals surface area contributed by atoms with Crippen LogP contribution in [0.2, 0.25) is 0 Å². The molecule has 20 aromatic rings. The van der Waals surface area contributed by atoms with Crippen LogP contribution in [0.5, 0.6) is 0 Å². The van der Waals surface area contributed by atoms with Crippen molar-refractivity contribution in [1.82, 2.24) is 94.7 Å². The lowest BCUT2D eigenvalue weighted by Crippen LogP contribution is -1.89. The molecule has 5 N–H and O–H groups in total. The fourth-order valence-corrected chi connectivity index (χ4v) is 13.6. The maximum absolute atomic E-state index is 5.34. The molecule has 0 unspecified atom stereocenters. The monoisotopic (exact) mass is 1450 g/mol. The van der Waals surface area contributed by atoms with Crippen molar-refractivity contribution < 1.29 is 8.83 Å². The number of hydrogen-bond acceptors (Lipinski definition) is 18. The molecule has 0 saturated carbocycles. The van der Waals surface area contributed by atoms with E-state index in [1.807, 2.05) is 204 Å². The summed E-state index contributed by atoms with van der Waals surface area (Å²) in [5.41, 5.74) is 28.7. The Morgan fingerprint density at radius 3 is 1.35 bits per heavy atom. The fourth-order valence-electron chi connectivity index (χ4n) is 11.9. The second-order valence-corrected chi connectivity index (χ2v) is 28.9. The Morgan fingerprint density at radius 1 is 0.262 bits per heavy atom. The molecule has 0 radical (unpaired) electrons. The largest absolute Gasteiger partial charge is 0.441 e. The molecule has 107 heavy (non-hydrogen) atoms. The van der Waals surface area contributed by atoms with Gasteiger partial charge in [-0.25, -0.2) is 49.8 Å². The number of H-pyrrole nitrogens is 5. The molecule has 0 saturated heterocycles. The van der Waals surface area contributed by atoms with Crippen molar-refractivity contribution in [3.05, 3.63) is 261 Å². The number of imidazole rings is 5. The van der Waals surface area contributed by atoms with Gasteiger partial charge < -0.3 is 33.8 Å². The van der Waals surface area contributed by atoms with Crippen molar-refractivity contribution in [3.63, 3.8) is 0 Å². The zero-order valence-electron chi connectivity index (χ0n) is 61.7. The molecule has 14 aromatic heterocycles. The number of pyridine rings is 5. The number of fused-ring (bicyclic) bond motifs is 9. The summed E-state index contributed by atoms with van der Waals surface area (Å²) < 4.78 is 13.2. The van der Waals surface area contributed by atoms with Gasteiger partial charge in [0.05, 0.1) is 97.4 Å². The van der Waals surface area contributed by atoms with Crippen LogP contribution < -0.4 is 0 Å². The van der Waals surface area contributed by atoms with E-state index >= 15 is 0 Å². The third-order valence-electron chi connectivity index (χ3n) is 17.0. The number of aromatic amines is 5. The first-order valence-electron chi connectivity index (χ1n) is 34.8. The van der Waals surface area contributed by atoms with Crippen LogP contribution in [0, 0.1) is 96.9 Å². The van der Waals surface area contributed by atoms with Crippen molar-refractivity contribution in [1.29, 1.82) is 0 Å². The van der Waals surface area contributed by atoms with Crippen LogP contribution in [0.15, 0.2) is 191 Å². The number of thiazole rings is 2. The second-order valence-electron chi connectivity index (χ2n) is 26.4. The van der Waals surface area contributed by atoms with Crippen molar-refractivity contribution in [2.24, 2.45) is 0 Å². The second kappa shape index (κ2) is 30.8. The molecule has 23 heteroatoms. The highest BCUT2D eigenvalue weighted by molar-refractivity contribution is 7.18. The van der Waals surface area contributed by atoms with E-state index in [2.05, 4.69) is 159 Å². The lowest BCUT2D eigenvalue weighted by Gasteiger charge is -2.01. The molecule has 0 bridgehead atoms. The highest BCUT2D eigenvalue weighted by Gasteiger charge is 2.14. The summed E-state index contributed by atoms with van der Waals surface area (Å²) in [6.07, 6.45) is 7.31. The highest BCUT2D eigenvalue weighted by atomic mass is 32.1. The number of hydrogen-bond donors (Lipinski definition) is 5. The molecule has 0 aliphatic carbocycles. The third kappa shape index (κ3) is 17.2. The molecule has 0 amide bonds. The zero-order chi connectivity index (χ0) is 74.6. The predicted molar refractivity (Wildman–Crippen MR) is 432 cm³/mol. The Bertz CT molecular complexity index is 5760. The molecule has 0 spiro atoms. The van der Waals surface area contributed by atoms with E-state index in [1.54, 1.807) is 28.9 Å². The molecule has 21 nitrogen and oxygen atoms in total. The average molecular weight is 1450 g/mol. The van der Waals surface area contributed by atoms with Gasteiger partial charge in [-0.15, -0.1) is 22.7 Å². The summed E-state index contributed by atoms with van der Waals surface area (Å²) in [5, 5.41) is 2.29. The van der Waals surface area contributed by atoms with Gasteiger partial charge in [-0.3, -0.25) is 19.9 Å². The van der Waals surface area contributed by atoms with E-state index in [0.717, 1.165) is 173 Å². The molecular formula is C84H77N19O2S2. The van der Waals surface area contributed by atoms with E-state index in [9.17, 15) is 0 Å². The SMILES string of the molecule is Cc1ccc(-c2ccc(-c3nc4cc5nc(C)[nH]c5cc4[nH]3)cn2)nc1.Cc1ccc(-c2ccc(-c3nc4nc5nc(C)[nH]c5cc4[nH]3)cn2)nc1.Cc1ccc2nc(C)[nH]c2c1.Cc1ccc2nc(C)oc2c1.Cc1ccc2nc(C)sc2c1.Cc1ccc2oc(C)nc2c1.Cc1ccc2sc(C)nc2c1. The molecule has 0 aliphatic rings. The Labute approximate surface area is 623 Å². The zero-order valence-corrected chi connectivity index (χ0v) is 63.3. The molecule has 0 atom stereocenters. The van der Waals surface area contributed by atoms with Crippen LogP contribution in [0.4, 0.5) is 0 Å². The van der Waals surface area contributed by atoms with Gasteiger partial charge in [0.1, 0.15) is 40.2 Å². The van der Waals surface area contributed by atoms with Crippen LogP contribution in [0.1, 0.15) is 78.2 Å². The summed E-state index contributed by atoms with van der Waals surface area (Å²) in [6, 6.07) is 52.9. The minimum absolute atomic E-state index is 0.642. The Morgan fingerprint density at radius 2 is 0.701 bits per heavy atom. The summed E-state index contributed by atoms with van der Waals surface area (Å²) in [5.74, 6) is 5.69. The highest BCUT2D eigenvalue weighted by Crippen LogP contribution is 2.29. The van der Waals surface area contributed by atoms with E-state index in [4.69, 9.17) is 13.8 Å². The first-order chi connectivity index (χ1) is 51.6. The minimum atomic E-state index is 0.642. The van der Waals surface area contributed by atoms with E-state index in [0.29, 0.717) is 11.3 Å². The van der Waals surface area contributed by atoms with Crippen LogP contribution in [-0.4, -0.2) is 94.7 Å². The molecule has 20 rings (SSSR count).